The molecule has 128 valence electrons. The van der Waals surface area contributed by atoms with Crippen molar-refractivity contribution in [1.82, 2.24) is 19.9 Å². The van der Waals surface area contributed by atoms with Crippen molar-refractivity contribution in [3.63, 3.8) is 0 Å². The Labute approximate surface area is 148 Å². The lowest BCUT2D eigenvalue weighted by Crippen LogP contribution is -2.35. The van der Waals surface area contributed by atoms with Crippen LogP contribution in [0.4, 0.5) is 10.5 Å². The first kappa shape index (κ1) is 17.0. The number of nitrogens with zero attached hydrogens (tertiary/aromatic N) is 3. The van der Waals surface area contributed by atoms with Gasteiger partial charge in [-0.2, -0.15) is 0 Å². The molecule has 0 unspecified atom stereocenters. The van der Waals surface area contributed by atoms with Crippen LogP contribution in [-0.2, 0) is 4.79 Å². The maximum absolute atomic E-state index is 12.0. The fraction of sp³-hybridized carbons (Fsp3) is 0.176. The number of anilines is 1. The van der Waals surface area contributed by atoms with Gasteiger partial charge in [-0.05, 0) is 43.2 Å². The normalized spacial score (nSPS) is 10.6. The fourth-order valence-corrected chi connectivity index (χ4v) is 2.98. The highest BCUT2D eigenvalue weighted by Gasteiger charge is 2.12. The number of hydrogen-bond donors (Lipinski definition) is 2. The minimum atomic E-state index is -0.551. The molecule has 7 nitrogen and oxygen atoms in total. The quantitative estimate of drug-likeness (QED) is 0.703. The molecule has 8 heteroatoms. The van der Waals surface area contributed by atoms with Crippen LogP contribution in [0.2, 0.25) is 0 Å². The maximum atomic E-state index is 12.0. The number of carbonyl (C=O) groups excluding carboxylic acids is 2. The van der Waals surface area contributed by atoms with Crippen molar-refractivity contribution < 1.29 is 9.59 Å². The van der Waals surface area contributed by atoms with Crippen LogP contribution in [0.1, 0.15) is 11.1 Å². The Balaban J connectivity index is 1.55. The standard InChI is InChI=1S/C17H17N5O2S/c1-11-6-5-7-13(12(11)2)18-16(24)19-15(23)10-25-17-21-20-14-8-3-4-9-22(14)17/h3-9H,10H2,1-2H3,(H2,18,19,23,24). The van der Waals surface area contributed by atoms with Gasteiger partial charge >= 0.3 is 6.03 Å². The van der Waals surface area contributed by atoms with Crippen LogP contribution in [0.3, 0.4) is 0 Å². The molecule has 3 aromatic rings. The number of nitrogens with one attached hydrogen (secondary N) is 2. The summed E-state index contributed by atoms with van der Waals surface area (Å²) in [6.07, 6.45) is 1.82. The average Bonchev–Trinajstić information content (AvgIpc) is 3.00. The predicted octanol–water partition coefficient (Wildman–Crippen LogP) is 2.79. The number of carbonyl (C=O) groups is 2. The molecule has 0 aliphatic rings. The summed E-state index contributed by atoms with van der Waals surface area (Å²) in [6.45, 7) is 3.88. The molecule has 0 radical (unpaired) electrons. The van der Waals surface area contributed by atoms with Gasteiger partial charge in [-0.3, -0.25) is 14.5 Å². The van der Waals surface area contributed by atoms with Gasteiger partial charge in [0.1, 0.15) is 0 Å². The van der Waals surface area contributed by atoms with E-state index in [1.807, 2.05) is 50.4 Å². The Hall–Kier alpha value is -2.87. The third-order valence-corrected chi connectivity index (χ3v) is 4.66. The number of aryl methyl sites for hydroxylation is 1. The second-order valence-corrected chi connectivity index (χ2v) is 6.39. The van der Waals surface area contributed by atoms with E-state index in [0.29, 0.717) is 16.5 Å². The van der Waals surface area contributed by atoms with Gasteiger partial charge in [0.05, 0.1) is 5.75 Å². The Morgan fingerprint density at radius 1 is 1.12 bits per heavy atom. The number of rotatable bonds is 4. The fourth-order valence-electron chi connectivity index (χ4n) is 2.25. The van der Waals surface area contributed by atoms with Gasteiger partial charge in [-0.25, -0.2) is 4.79 Å². The molecule has 3 amide bonds. The largest absolute Gasteiger partial charge is 0.325 e. The van der Waals surface area contributed by atoms with Crippen LogP contribution in [0.5, 0.6) is 0 Å². The molecule has 2 aromatic heterocycles. The molecule has 0 aliphatic heterocycles. The summed E-state index contributed by atoms with van der Waals surface area (Å²) < 4.78 is 1.79. The lowest BCUT2D eigenvalue weighted by molar-refractivity contribution is -0.117. The molecular formula is C17H17N5O2S. The predicted molar refractivity (Wildman–Crippen MR) is 96.8 cm³/mol. The van der Waals surface area contributed by atoms with Crippen LogP contribution in [0.25, 0.3) is 5.65 Å². The van der Waals surface area contributed by atoms with E-state index in [0.717, 1.165) is 11.1 Å². The highest BCUT2D eigenvalue weighted by molar-refractivity contribution is 7.99. The van der Waals surface area contributed by atoms with E-state index >= 15 is 0 Å². The molecule has 0 aliphatic carbocycles. The molecular weight excluding hydrogens is 338 g/mol. The number of hydrogen-bond acceptors (Lipinski definition) is 5. The summed E-state index contributed by atoms with van der Waals surface area (Å²) in [6, 6.07) is 10.6. The molecule has 0 atom stereocenters. The lowest BCUT2D eigenvalue weighted by Gasteiger charge is -2.10. The van der Waals surface area contributed by atoms with E-state index in [1.165, 1.54) is 11.8 Å². The van der Waals surface area contributed by atoms with E-state index in [2.05, 4.69) is 20.8 Å². The van der Waals surface area contributed by atoms with Gasteiger partial charge in [-0.1, -0.05) is 30.0 Å². The third kappa shape index (κ3) is 3.97. The molecule has 2 heterocycles. The smallest absolute Gasteiger partial charge is 0.307 e. The summed E-state index contributed by atoms with van der Waals surface area (Å²) in [5.41, 5.74) is 3.42. The molecule has 25 heavy (non-hydrogen) atoms. The van der Waals surface area contributed by atoms with Crippen molar-refractivity contribution in [2.24, 2.45) is 0 Å². The van der Waals surface area contributed by atoms with Gasteiger partial charge in [0.25, 0.3) is 0 Å². The van der Waals surface area contributed by atoms with E-state index in [4.69, 9.17) is 0 Å². The summed E-state index contributed by atoms with van der Waals surface area (Å²) in [4.78, 5) is 24.0. The zero-order valence-electron chi connectivity index (χ0n) is 13.8. The zero-order chi connectivity index (χ0) is 17.8. The molecule has 0 spiro atoms. The van der Waals surface area contributed by atoms with Crippen LogP contribution in [-0.4, -0.2) is 32.3 Å². The number of aromatic nitrogens is 3. The highest BCUT2D eigenvalue weighted by atomic mass is 32.2. The summed E-state index contributed by atoms with van der Waals surface area (Å²) in [5, 5.41) is 13.7. The highest BCUT2D eigenvalue weighted by Crippen LogP contribution is 2.18. The molecule has 2 N–H and O–H groups in total. The summed E-state index contributed by atoms with van der Waals surface area (Å²) in [7, 11) is 0. The first-order valence-corrected chi connectivity index (χ1v) is 8.63. The van der Waals surface area contributed by atoms with Gasteiger partial charge in [0.2, 0.25) is 5.91 Å². The third-order valence-electron chi connectivity index (χ3n) is 3.72. The first-order valence-electron chi connectivity index (χ1n) is 7.64. The number of pyridine rings is 1. The van der Waals surface area contributed by atoms with Crippen molar-refractivity contribution >= 4 is 35.0 Å². The second-order valence-electron chi connectivity index (χ2n) is 5.45. The number of amides is 3. The van der Waals surface area contributed by atoms with Crippen molar-refractivity contribution in [3.05, 3.63) is 53.7 Å². The van der Waals surface area contributed by atoms with E-state index < -0.39 is 11.9 Å². The monoisotopic (exact) mass is 355 g/mol. The van der Waals surface area contributed by atoms with E-state index in [-0.39, 0.29) is 5.75 Å². The number of benzene rings is 1. The van der Waals surface area contributed by atoms with Crippen LogP contribution in [0, 0.1) is 13.8 Å². The average molecular weight is 355 g/mol. The van der Waals surface area contributed by atoms with Crippen molar-refractivity contribution in [2.45, 2.75) is 19.0 Å². The van der Waals surface area contributed by atoms with Gasteiger partial charge in [-0.15, -0.1) is 10.2 Å². The molecule has 3 rings (SSSR count). The minimum absolute atomic E-state index is 0.0654. The molecule has 0 fully saturated rings. The first-order chi connectivity index (χ1) is 12.0. The molecule has 0 bridgehead atoms. The summed E-state index contributed by atoms with van der Waals surface area (Å²) >= 11 is 1.22. The number of urea groups is 1. The van der Waals surface area contributed by atoms with Crippen molar-refractivity contribution in [2.75, 3.05) is 11.1 Å². The van der Waals surface area contributed by atoms with Crippen molar-refractivity contribution in [1.29, 1.82) is 0 Å². The minimum Gasteiger partial charge on any atom is -0.307 e. The summed E-state index contributed by atoms with van der Waals surface area (Å²) in [5.74, 6) is -0.337. The van der Waals surface area contributed by atoms with Crippen LogP contribution >= 0.6 is 11.8 Å². The number of thioether (sulfide) groups is 1. The van der Waals surface area contributed by atoms with Crippen LogP contribution in [0.15, 0.2) is 47.8 Å². The molecule has 1 aromatic carbocycles. The van der Waals surface area contributed by atoms with Gasteiger partial charge in [0, 0.05) is 11.9 Å². The Bertz CT molecular complexity index is 938. The van der Waals surface area contributed by atoms with Crippen molar-refractivity contribution in [3.8, 4) is 0 Å². The lowest BCUT2D eigenvalue weighted by atomic mass is 10.1. The molecule has 0 saturated heterocycles. The Morgan fingerprint density at radius 3 is 2.80 bits per heavy atom. The van der Waals surface area contributed by atoms with E-state index in [9.17, 15) is 9.59 Å². The van der Waals surface area contributed by atoms with Gasteiger partial charge < -0.3 is 5.32 Å². The maximum Gasteiger partial charge on any atom is 0.325 e. The topological polar surface area (TPSA) is 88.4 Å². The SMILES string of the molecule is Cc1cccc(NC(=O)NC(=O)CSc2nnc3ccccn23)c1C. The van der Waals surface area contributed by atoms with E-state index in [1.54, 1.807) is 10.5 Å². The van der Waals surface area contributed by atoms with Crippen LogP contribution < -0.4 is 10.6 Å². The Morgan fingerprint density at radius 2 is 1.96 bits per heavy atom. The molecule has 0 saturated carbocycles. The number of fused-ring (bicyclic) bond motifs is 1. The van der Waals surface area contributed by atoms with Gasteiger partial charge in [0.15, 0.2) is 10.8 Å². The Kier molecular flexibility index (Phi) is 4.99. The zero-order valence-corrected chi connectivity index (χ0v) is 14.6. The number of imide groups is 1. The second kappa shape index (κ2) is 7.35.